The molecular weight excluding hydrogens is 168 g/mol. The van der Waals surface area contributed by atoms with E-state index in [0.29, 0.717) is 12.6 Å². The van der Waals surface area contributed by atoms with E-state index in [-0.39, 0.29) is 12.5 Å². The molecule has 0 atom stereocenters. The molecule has 0 heterocycles. The summed E-state index contributed by atoms with van der Waals surface area (Å²) in [4.78, 5) is 13.4. The summed E-state index contributed by atoms with van der Waals surface area (Å²) in [5, 5.41) is 0. The summed E-state index contributed by atoms with van der Waals surface area (Å²) in [6, 6.07) is 0.467. The van der Waals surface area contributed by atoms with Crippen molar-refractivity contribution < 1.29 is 9.53 Å². The molecule has 1 rings (SSSR count). The molecular formula is C9H18N2O2. The second kappa shape index (κ2) is 5.19. The van der Waals surface area contributed by atoms with Crippen LogP contribution in [0.3, 0.4) is 0 Å². The van der Waals surface area contributed by atoms with E-state index in [9.17, 15) is 4.79 Å². The minimum atomic E-state index is 0.0958. The van der Waals surface area contributed by atoms with Crippen LogP contribution in [0.15, 0.2) is 0 Å². The van der Waals surface area contributed by atoms with Gasteiger partial charge in [-0.1, -0.05) is 0 Å². The molecule has 1 fully saturated rings. The highest BCUT2D eigenvalue weighted by Crippen LogP contribution is 2.26. The summed E-state index contributed by atoms with van der Waals surface area (Å²) in [5.41, 5.74) is 5.40. The van der Waals surface area contributed by atoms with Gasteiger partial charge in [-0.05, 0) is 25.8 Å². The van der Waals surface area contributed by atoms with Crippen molar-refractivity contribution in [2.24, 2.45) is 5.73 Å². The van der Waals surface area contributed by atoms with Gasteiger partial charge in [0.2, 0.25) is 5.91 Å². The summed E-state index contributed by atoms with van der Waals surface area (Å²) in [6.07, 6.45) is 3.16. The van der Waals surface area contributed by atoms with E-state index >= 15 is 0 Å². The molecule has 0 aliphatic heterocycles. The van der Waals surface area contributed by atoms with E-state index in [1.807, 2.05) is 4.90 Å². The van der Waals surface area contributed by atoms with Gasteiger partial charge in [-0.3, -0.25) is 4.79 Å². The van der Waals surface area contributed by atoms with E-state index in [4.69, 9.17) is 10.5 Å². The summed E-state index contributed by atoms with van der Waals surface area (Å²) in [6.45, 7) is 1.62. The Bertz CT molecular complexity index is 169. The first-order valence-corrected chi connectivity index (χ1v) is 4.78. The maximum absolute atomic E-state index is 11.5. The number of methoxy groups -OCH3 is 1. The Balaban J connectivity index is 2.32. The molecule has 1 aliphatic rings. The molecule has 2 N–H and O–H groups in total. The number of carbonyl (C=O) groups is 1. The van der Waals surface area contributed by atoms with E-state index in [2.05, 4.69) is 0 Å². The number of hydrogen-bond acceptors (Lipinski definition) is 3. The number of amides is 1. The van der Waals surface area contributed by atoms with Gasteiger partial charge in [0, 0.05) is 19.7 Å². The minimum Gasteiger partial charge on any atom is -0.375 e. The standard InChI is InChI=1S/C9H18N2O2/c1-13-7-9(12)11(6-2-5-10)8-3-4-8/h8H,2-7,10H2,1H3. The van der Waals surface area contributed by atoms with Gasteiger partial charge in [0.25, 0.3) is 0 Å². The van der Waals surface area contributed by atoms with Crippen molar-refractivity contribution in [2.45, 2.75) is 25.3 Å². The zero-order chi connectivity index (χ0) is 9.68. The lowest BCUT2D eigenvalue weighted by atomic mass is 10.3. The number of carbonyl (C=O) groups excluding carboxylic acids is 1. The molecule has 0 saturated heterocycles. The van der Waals surface area contributed by atoms with Crippen LogP contribution >= 0.6 is 0 Å². The second-order valence-corrected chi connectivity index (χ2v) is 3.39. The minimum absolute atomic E-state index is 0.0958. The fourth-order valence-corrected chi connectivity index (χ4v) is 1.37. The molecule has 0 unspecified atom stereocenters. The molecule has 0 aromatic carbocycles. The van der Waals surface area contributed by atoms with E-state index in [1.54, 1.807) is 7.11 Å². The Morgan fingerprint density at radius 3 is 2.77 bits per heavy atom. The molecule has 0 spiro atoms. The molecule has 1 amide bonds. The number of hydrogen-bond donors (Lipinski definition) is 1. The number of rotatable bonds is 6. The zero-order valence-electron chi connectivity index (χ0n) is 8.16. The summed E-state index contributed by atoms with van der Waals surface area (Å²) in [7, 11) is 1.55. The third kappa shape index (κ3) is 3.32. The number of nitrogens with zero attached hydrogens (tertiary/aromatic N) is 1. The Morgan fingerprint density at radius 1 is 1.62 bits per heavy atom. The van der Waals surface area contributed by atoms with Crippen molar-refractivity contribution in [3.05, 3.63) is 0 Å². The van der Waals surface area contributed by atoms with Crippen molar-refractivity contribution >= 4 is 5.91 Å². The molecule has 4 nitrogen and oxygen atoms in total. The fourth-order valence-electron chi connectivity index (χ4n) is 1.37. The first kappa shape index (κ1) is 10.5. The molecule has 0 radical (unpaired) electrons. The number of nitrogens with two attached hydrogens (primary N) is 1. The first-order valence-electron chi connectivity index (χ1n) is 4.78. The van der Waals surface area contributed by atoms with E-state index < -0.39 is 0 Å². The van der Waals surface area contributed by atoms with Crippen molar-refractivity contribution in [1.29, 1.82) is 0 Å². The van der Waals surface area contributed by atoms with Crippen LogP contribution in [0.1, 0.15) is 19.3 Å². The fraction of sp³-hybridized carbons (Fsp3) is 0.889. The van der Waals surface area contributed by atoms with Crippen molar-refractivity contribution in [3.8, 4) is 0 Å². The second-order valence-electron chi connectivity index (χ2n) is 3.39. The van der Waals surface area contributed by atoms with Gasteiger partial charge in [0.15, 0.2) is 0 Å². The monoisotopic (exact) mass is 186 g/mol. The molecule has 0 aromatic rings. The maximum Gasteiger partial charge on any atom is 0.248 e. The Hall–Kier alpha value is -0.610. The maximum atomic E-state index is 11.5. The molecule has 0 aromatic heterocycles. The van der Waals surface area contributed by atoms with Gasteiger partial charge in [-0.15, -0.1) is 0 Å². The summed E-state index contributed by atoms with van der Waals surface area (Å²) in [5.74, 6) is 0.0958. The third-order valence-corrected chi connectivity index (χ3v) is 2.18. The lowest BCUT2D eigenvalue weighted by Crippen LogP contribution is -2.37. The highest BCUT2D eigenvalue weighted by molar-refractivity contribution is 5.78. The Labute approximate surface area is 79.0 Å². The molecule has 13 heavy (non-hydrogen) atoms. The van der Waals surface area contributed by atoms with Crippen LogP contribution in [0.2, 0.25) is 0 Å². The van der Waals surface area contributed by atoms with Gasteiger partial charge in [-0.25, -0.2) is 0 Å². The van der Waals surface area contributed by atoms with Gasteiger partial charge in [0.05, 0.1) is 0 Å². The Kier molecular flexibility index (Phi) is 4.18. The average Bonchev–Trinajstić information content (AvgIpc) is 2.89. The summed E-state index contributed by atoms with van der Waals surface area (Å²) < 4.78 is 4.82. The van der Waals surface area contributed by atoms with Crippen LogP contribution in [0, 0.1) is 0 Å². The molecule has 4 heteroatoms. The first-order chi connectivity index (χ1) is 6.29. The molecule has 1 saturated carbocycles. The molecule has 1 aliphatic carbocycles. The van der Waals surface area contributed by atoms with Gasteiger partial charge >= 0.3 is 0 Å². The highest BCUT2D eigenvalue weighted by Gasteiger charge is 2.31. The van der Waals surface area contributed by atoms with Crippen LogP contribution in [-0.2, 0) is 9.53 Å². The lowest BCUT2D eigenvalue weighted by Gasteiger charge is -2.21. The van der Waals surface area contributed by atoms with Crippen LogP contribution in [0.25, 0.3) is 0 Å². The van der Waals surface area contributed by atoms with Crippen molar-refractivity contribution in [1.82, 2.24) is 4.90 Å². The average molecular weight is 186 g/mol. The topological polar surface area (TPSA) is 55.6 Å². The highest BCUT2D eigenvalue weighted by atomic mass is 16.5. The van der Waals surface area contributed by atoms with E-state index in [0.717, 1.165) is 25.8 Å². The Morgan fingerprint density at radius 2 is 2.31 bits per heavy atom. The van der Waals surface area contributed by atoms with Crippen LogP contribution < -0.4 is 5.73 Å². The smallest absolute Gasteiger partial charge is 0.248 e. The predicted molar refractivity (Wildman–Crippen MR) is 50.3 cm³/mol. The van der Waals surface area contributed by atoms with E-state index in [1.165, 1.54) is 0 Å². The van der Waals surface area contributed by atoms with Crippen LogP contribution in [0.5, 0.6) is 0 Å². The van der Waals surface area contributed by atoms with Gasteiger partial charge in [-0.2, -0.15) is 0 Å². The van der Waals surface area contributed by atoms with Gasteiger partial charge < -0.3 is 15.4 Å². The normalized spacial score (nSPS) is 15.8. The van der Waals surface area contributed by atoms with Gasteiger partial charge in [0.1, 0.15) is 6.61 Å². The third-order valence-electron chi connectivity index (χ3n) is 2.18. The largest absolute Gasteiger partial charge is 0.375 e. The zero-order valence-corrected chi connectivity index (χ0v) is 8.16. The number of ether oxygens (including phenoxy) is 1. The lowest BCUT2D eigenvalue weighted by molar-refractivity contribution is -0.135. The summed E-state index contributed by atoms with van der Waals surface area (Å²) >= 11 is 0. The van der Waals surface area contributed by atoms with Crippen molar-refractivity contribution in [2.75, 3.05) is 26.8 Å². The van der Waals surface area contributed by atoms with Crippen LogP contribution in [-0.4, -0.2) is 43.7 Å². The predicted octanol–water partition coefficient (Wildman–Crippen LogP) is -0.0274. The van der Waals surface area contributed by atoms with Crippen molar-refractivity contribution in [3.63, 3.8) is 0 Å². The molecule has 0 bridgehead atoms. The quantitative estimate of drug-likeness (QED) is 0.634. The molecule has 76 valence electrons. The van der Waals surface area contributed by atoms with Crippen LogP contribution in [0.4, 0.5) is 0 Å². The SMILES string of the molecule is COCC(=O)N(CCCN)C1CC1.